The number of nitrogens with two attached hydrogens (primary N) is 1. The first-order chi connectivity index (χ1) is 18.3. The molecule has 5 rings (SSSR count). The minimum absolute atomic E-state index is 0.0261. The molecule has 0 bridgehead atoms. The number of halogens is 4. The van der Waals surface area contributed by atoms with Crippen LogP contribution in [0.2, 0.25) is 5.02 Å². The first kappa shape index (κ1) is 25.3. The lowest BCUT2D eigenvalue weighted by atomic mass is 9.82. The van der Waals surface area contributed by atoms with Crippen LogP contribution < -0.4 is 5.73 Å². The van der Waals surface area contributed by atoms with E-state index in [2.05, 4.69) is 0 Å². The molecule has 0 unspecified atom stereocenters. The Morgan fingerprint density at radius 2 is 1.21 bits per heavy atom. The van der Waals surface area contributed by atoms with E-state index in [4.69, 9.17) is 17.3 Å². The van der Waals surface area contributed by atoms with Crippen molar-refractivity contribution in [2.24, 2.45) is 0 Å². The molecular formula is C32H21ClF3NO. The van der Waals surface area contributed by atoms with Gasteiger partial charge in [0.2, 0.25) is 0 Å². The molecule has 0 saturated heterocycles. The van der Waals surface area contributed by atoms with Gasteiger partial charge in [-0.25, -0.2) is 0 Å². The highest BCUT2D eigenvalue weighted by Gasteiger charge is 2.35. The molecule has 0 spiro atoms. The summed E-state index contributed by atoms with van der Waals surface area (Å²) in [7, 11) is 0. The molecule has 0 aromatic heterocycles. The predicted octanol–water partition coefficient (Wildman–Crippen LogP) is 9.17. The van der Waals surface area contributed by atoms with Crippen molar-refractivity contribution in [1.29, 1.82) is 0 Å². The molecule has 5 aromatic rings. The Balaban J connectivity index is 1.92. The smallest absolute Gasteiger partial charge is 0.398 e. The molecule has 38 heavy (non-hydrogen) atoms. The highest BCUT2D eigenvalue weighted by molar-refractivity contribution is 6.30. The predicted molar refractivity (Wildman–Crippen MR) is 147 cm³/mol. The molecule has 0 heterocycles. The van der Waals surface area contributed by atoms with E-state index in [0.29, 0.717) is 32.8 Å². The highest BCUT2D eigenvalue weighted by Crippen LogP contribution is 2.47. The fourth-order valence-electron chi connectivity index (χ4n) is 4.62. The molecule has 0 aliphatic heterocycles. The maximum atomic E-state index is 14.2. The number of ketones is 1. The number of benzene rings is 5. The standard InChI is InChI=1S/C32H21ClF3NO/c33-23-17-15-21(16-18-23)26-19-25(20-9-3-1-4-10-20)28(24-13-7-8-14-27(24)32(34,35)36)30(37)29(26)31(38)22-11-5-2-6-12-22/h1-19H,37H2. The van der Waals surface area contributed by atoms with Crippen molar-refractivity contribution < 1.29 is 18.0 Å². The van der Waals surface area contributed by atoms with Crippen molar-refractivity contribution in [3.05, 3.63) is 137 Å². The summed E-state index contributed by atoms with van der Waals surface area (Å²) < 4.78 is 42.6. The average molecular weight is 528 g/mol. The number of anilines is 1. The Morgan fingerprint density at radius 3 is 1.84 bits per heavy atom. The van der Waals surface area contributed by atoms with Crippen LogP contribution >= 0.6 is 11.6 Å². The number of carbonyl (C=O) groups excluding carboxylic acids is 1. The van der Waals surface area contributed by atoms with Gasteiger partial charge >= 0.3 is 6.18 Å². The second kappa shape index (κ2) is 10.2. The van der Waals surface area contributed by atoms with Crippen molar-refractivity contribution in [2.75, 3.05) is 5.73 Å². The molecule has 5 aromatic carbocycles. The lowest BCUT2D eigenvalue weighted by Crippen LogP contribution is -2.12. The zero-order chi connectivity index (χ0) is 26.9. The number of nitrogen functional groups attached to an aromatic ring is 1. The van der Waals surface area contributed by atoms with E-state index >= 15 is 0 Å². The quantitative estimate of drug-likeness (QED) is 0.183. The van der Waals surface area contributed by atoms with Crippen molar-refractivity contribution in [2.45, 2.75) is 6.18 Å². The number of hydrogen-bond acceptors (Lipinski definition) is 2. The fraction of sp³-hybridized carbons (Fsp3) is 0.0312. The molecular weight excluding hydrogens is 507 g/mol. The summed E-state index contributed by atoms with van der Waals surface area (Å²) in [5, 5.41) is 0.511. The van der Waals surface area contributed by atoms with E-state index in [1.54, 1.807) is 84.9 Å². The van der Waals surface area contributed by atoms with Gasteiger partial charge in [-0.1, -0.05) is 103 Å². The Bertz CT molecular complexity index is 1610. The van der Waals surface area contributed by atoms with Crippen LogP contribution in [0.1, 0.15) is 21.5 Å². The van der Waals surface area contributed by atoms with E-state index in [9.17, 15) is 18.0 Å². The Morgan fingerprint density at radius 1 is 0.658 bits per heavy atom. The van der Waals surface area contributed by atoms with E-state index in [-0.39, 0.29) is 22.4 Å². The number of hydrogen-bond donors (Lipinski definition) is 1. The maximum Gasteiger partial charge on any atom is 0.417 e. The van der Waals surface area contributed by atoms with Crippen LogP contribution in [-0.2, 0) is 6.18 Å². The van der Waals surface area contributed by atoms with Crippen LogP contribution in [0.25, 0.3) is 33.4 Å². The van der Waals surface area contributed by atoms with Gasteiger partial charge in [-0.15, -0.1) is 0 Å². The van der Waals surface area contributed by atoms with Gasteiger partial charge in [-0.05, 0) is 52.1 Å². The zero-order valence-corrected chi connectivity index (χ0v) is 20.7. The van der Waals surface area contributed by atoms with Gasteiger partial charge in [-0.3, -0.25) is 4.79 Å². The van der Waals surface area contributed by atoms with Gasteiger partial charge in [0.25, 0.3) is 0 Å². The van der Waals surface area contributed by atoms with Gasteiger partial charge in [0.05, 0.1) is 16.8 Å². The summed E-state index contributed by atoms with van der Waals surface area (Å²) in [6.45, 7) is 0. The second-order valence-corrected chi connectivity index (χ2v) is 9.18. The summed E-state index contributed by atoms with van der Waals surface area (Å²) >= 11 is 6.12. The van der Waals surface area contributed by atoms with Crippen LogP contribution in [0.3, 0.4) is 0 Å². The molecule has 2 N–H and O–H groups in total. The van der Waals surface area contributed by atoms with Crippen molar-refractivity contribution in [1.82, 2.24) is 0 Å². The maximum absolute atomic E-state index is 14.2. The Hall–Kier alpha value is -4.35. The van der Waals surface area contributed by atoms with E-state index in [0.717, 1.165) is 6.07 Å². The van der Waals surface area contributed by atoms with E-state index in [1.165, 1.54) is 18.2 Å². The molecule has 0 fully saturated rings. The van der Waals surface area contributed by atoms with Crippen molar-refractivity contribution >= 4 is 23.1 Å². The topological polar surface area (TPSA) is 43.1 Å². The van der Waals surface area contributed by atoms with E-state index < -0.39 is 17.5 Å². The molecule has 0 atom stereocenters. The summed E-state index contributed by atoms with van der Waals surface area (Å²) in [6.07, 6.45) is -4.63. The monoisotopic (exact) mass is 527 g/mol. The van der Waals surface area contributed by atoms with Crippen LogP contribution in [0, 0.1) is 0 Å². The average Bonchev–Trinajstić information content (AvgIpc) is 2.93. The molecule has 0 saturated carbocycles. The minimum atomic E-state index is -4.63. The van der Waals surface area contributed by atoms with E-state index in [1.807, 2.05) is 6.07 Å². The van der Waals surface area contributed by atoms with Crippen LogP contribution in [-0.4, -0.2) is 5.78 Å². The Labute approximate surface area is 223 Å². The summed E-state index contributed by atoms with van der Waals surface area (Å²) in [5.41, 5.74) is 8.77. The Kier molecular flexibility index (Phi) is 6.79. The summed E-state index contributed by atoms with van der Waals surface area (Å²) in [5.74, 6) is -0.390. The largest absolute Gasteiger partial charge is 0.417 e. The third-order valence-corrected chi connectivity index (χ3v) is 6.62. The van der Waals surface area contributed by atoms with Crippen LogP contribution in [0.15, 0.2) is 115 Å². The molecule has 0 aliphatic rings. The summed E-state index contributed by atoms with van der Waals surface area (Å²) in [4.78, 5) is 13.9. The zero-order valence-electron chi connectivity index (χ0n) is 20.0. The third-order valence-electron chi connectivity index (χ3n) is 6.37. The normalized spacial score (nSPS) is 11.4. The molecule has 2 nitrogen and oxygen atoms in total. The minimum Gasteiger partial charge on any atom is -0.398 e. The molecule has 0 amide bonds. The van der Waals surface area contributed by atoms with Crippen molar-refractivity contribution in [3.8, 4) is 33.4 Å². The van der Waals surface area contributed by atoms with Gasteiger partial charge in [0.15, 0.2) is 5.78 Å². The van der Waals surface area contributed by atoms with Gasteiger partial charge in [0.1, 0.15) is 0 Å². The van der Waals surface area contributed by atoms with Gasteiger partial charge in [-0.2, -0.15) is 13.2 Å². The highest BCUT2D eigenvalue weighted by atomic mass is 35.5. The molecule has 0 aliphatic carbocycles. The molecule has 0 radical (unpaired) electrons. The lowest BCUT2D eigenvalue weighted by Gasteiger charge is -2.23. The first-order valence-corrected chi connectivity index (χ1v) is 12.2. The number of alkyl halides is 3. The van der Waals surface area contributed by atoms with Gasteiger partial charge in [0, 0.05) is 16.1 Å². The number of carbonyl (C=O) groups is 1. The SMILES string of the molecule is Nc1c(C(=O)c2ccccc2)c(-c2ccc(Cl)cc2)cc(-c2ccccc2)c1-c1ccccc1C(F)(F)F. The molecule has 188 valence electrons. The first-order valence-electron chi connectivity index (χ1n) is 11.8. The fourth-order valence-corrected chi connectivity index (χ4v) is 4.75. The van der Waals surface area contributed by atoms with Crippen LogP contribution in [0.5, 0.6) is 0 Å². The van der Waals surface area contributed by atoms with Crippen molar-refractivity contribution in [3.63, 3.8) is 0 Å². The summed E-state index contributed by atoms with van der Waals surface area (Å²) in [6, 6.07) is 31.5. The number of rotatable bonds is 5. The van der Waals surface area contributed by atoms with Crippen LogP contribution in [0.4, 0.5) is 18.9 Å². The lowest BCUT2D eigenvalue weighted by molar-refractivity contribution is -0.137. The van der Waals surface area contributed by atoms with Gasteiger partial charge < -0.3 is 5.73 Å². The second-order valence-electron chi connectivity index (χ2n) is 8.75. The third kappa shape index (κ3) is 4.81. The molecule has 6 heteroatoms.